The fourth-order valence-corrected chi connectivity index (χ4v) is 3.29. The summed E-state index contributed by atoms with van der Waals surface area (Å²) in [5, 5.41) is 5.83. The number of rotatable bonds is 10. The molecule has 8 heteroatoms. The van der Waals surface area contributed by atoms with Gasteiger partial charge in [-0.05, 0) is 48.2 Å². The number of nitrogens with one attached hydrogen (secondary N) is 2. The first-order valence-corrected chi connectivity index (χ1v) is 11.1. The van der Waals surface area contributed by atoms with E-state index in [1.807, 2.05) is 26.0 Å². The second kappa shape index (κ2) is 11.0. The Morgan fingerprint density at radius 2 is 1.70 bits per heavy atom. The van der Waals surface area contributed by atoms with Gasteiger partial charge in [-0.25, -0.2) is 4.98 Å². The highest BCUT2D eigenvalue weighted by Gasteiger charge is 2.35. The van der Waals surface area contributed by atoms with Gasteiger partial charge in [-0.3, -0.25) is 0 Å². The van der Waals surface area contributed by atoms with Crippen molar-refractivity contribution in [2.24, 2.45) is 0 Å². The first-order chi connectivity index (χ1) is 15.8. The summed E-state index contributed by atoms with van der Waals surface area (Å²) in [7, 11) is 0. The minimum Gasteiger partial charge on any atom is -0.494 e. The quantitative estimate of drug-likeness (QED) is 0.305. The van der Waals surface area contributed by atoms with Gasteiger partial charge in [0.15, 0.2) is 0 Å². The Balaban J connectivity index is 1.80. The summed E-state index contributed by atoms with van der Waals surface area (Å²) in [6.45, 7) is 6.74. The molecule has 3 aromatic rings. The minimum atomic E-state index is -4.59. The Morgan fingerprint density at radius 1 is 0.970 bits per heavy atom. The van der Waals surface area contributed by atoms with E-state index in [0.717, 1.165) is 36.8 Å². The lowest BCUT2D eigenvalue weighted by atomic mass is 10.0. The van der Waals surface area contributed by atoms with Gasteiger partial charge >= 0.3 is 6.18 Å². The predicted molar refractivity (Wildman–Crippen MR) is 126 cm³/mol. The largest absolute Gasteiger partial charge is 0.494 e. The maximum absolute atomic E-state index is 13.6. The highest BCUT2D eigenvalue weighted by Crippen LogP contribution is 2.36. The second-order valence-electron chi connectivity index (χ2n) is 8.03. The van der Waals surface area contributed by atoms with Gasteiger partial charge in [0.2, 0.25) is 5.95 Å². The Morgan fingerprint density at radius 3 is 2.36 bits per heavy atom. The van der Waals surface area contributed by atoms with Crippen LogP contribution in [-0.2, 0) is 6.18 Å². The topological polar surface area (TPSA) is 59.1 Å². The molecule has 5 nitrogen and oxygen atoms in total. The highest BCUT2D eigenvalue weighted by molar-refractivity contribution is 5.66. The van der Waals surface area contributed by atoms with Crippen LogP contribution < -0.4 is 15.4 Å². The zero-order valence-electron chi connectivity index (χ0n) is 19.0. The third-order valence-electron chi connectivity index (χ3n) is 5.06. The molecular formula is C25H29F3N4O. The van der Waals surface area contributed by atoms with E-state index < -0.39 is 11.7 Å². The van der Waals surface area contributed by atoms with Crippen molar-refractivity contribution < 1.29 is 17.9 Å². The van der Waals surface area contributed by atoms with Crippen LogP contribution in [0.2, 0.25) is 0 Å². The highest BCUT2D eigenvalue weighted by atomic mass is 19.4. The maximum atomic E-state index is 13.6. The van der Waals surface area contributed by atoms with E-state index in [9.17, 15) is 13.2 Å². The molecule has 0 aliphatic rings. The zero-order valence-corrected chi connectivity index (χ0v) is 19.0. The second-order valence-corrected chi connectivity index (χ2v) is 8.03. The van der Waals surface area contributed by atoms with Gasteiger partial charge < -0.3 is 15.4 Å². The minimum absolute atomic E-state index is 0.0594. The molecule has 0 bridgehead atoms. The summed E-state index contributed by atoms with van der Waals surface area (Å²) in [5.74, 6) is 0.621. The molecule has 0 spiro atoms. The maximum Gasteiger partial charge on any atom is 0.421 e. The van der Waals surface area contributed by atoms with Crippen molar-refractivity contribution in [1.29, 1.82) is 0 Å². The Kier molecular flexibility index (Phi) is 8.14. The van der Waals surface area contributed by atoms with Crippen molar-refractivity contribution in [2.75, 3.05) is 17.2 Å². The SMILES string of the molecule is CCCCCOc1ccc(Nc2ncc(C(F)(F)F)c(Nc3ccccc3C(C)C)n2)cc1. The van der Waals surface area contributed by atoms with Crippen LogP contribution in [0.15, 0.2) is 54.7 Å². The smallest absolute Gasteiger partial charge is 0.421 e. The molecule has 33 heavy (non-hydrogen) atoms. The van der Waals surface area contributed by atoms with Gasteiger partial charge in [0.05, 0.1) is 6.61 Å². The van der Waals surface area contributed by atoms with Crippen LogP contribution in [0.25, 0.3) is 0 Å². The molecule has 0 fully saturated rings. The van der Waals surface area contributed by atoms with Gasteiger partial charge in [-0.15, -0.1) is 0 Å². The number of halogens is 3. The number of anilines is 4. The molecule has 1 heterocycles. The molecule has 0 radical (unpaired) electrons. The van der Waals surface area contributed by atoms with Crippen molar-refractivity contribution in [2.45, 2.75) is 52.1 Å². The van der Waals surface area contributed by atoms with Crippen molar-refractivity contribution in [1.82, 2.24) is 9.97 Å². The predicted octanol–water partition coefficient (Wildman–Crippen LogP) is 7.68. The van der Waals surface area contributed by atoms with Crippen LogP contribution >= 0.6 is 0 Å². The van der Waals surface area contributed by atoms with Crippen LogP contribution in [0.3, 0.4) is 0 Å². The number of para-hydroxylation sites is 1. The Hall–Kier alpha value is -3.29. The molecule has 0 atom stereocenters. The van der Waals surface area contributed by atoms with E-state index in [4.69, 9.17) is 4.74 Å². The van der Waals surface area contributed by atoms with Crippen molar-refractivity contribution in [3.63, 3.8) is 0 Å². The number of hydrogen-bond acceptors (Lipinski definition) is 5. The van der Waals surface area contributed by atoms with Gasteiger partial charge in [0.25, 0.3) is 0 Å². The average Bonchev–Trinajstić information content (AvgIpc) is 2.77. The summed E-state index contributed by atoms with van der Waals surface area (Å²) in [6.07, 6.45) is -0.570. The molecule has 2 N–H and O–H groups in total. The zero-order chi connectivity index (χ0) is 23.8. The standard InChI is InChI=1S/C25H29F3N4O/c1-4-5-8-15-33-19-13-11-18(12-14-19)30-24-29-16-21(25(26,27)28)23(32-24)31-22-10-7-6-9-20(22)17(2)3/h6-7,9-14,16-17H,4-5,8,15H2,1-3H3,(H2,29,30,31,32). The van der Waals surface area contributed by atoms with E-state index >= 15 is 0 Å². The molecule has 0 aliphatic heterocycles. The number of aromatic nitrogens is 2. The van der Waals surface area contributed by atoms with Crippen LogP contribution in [-0.4, -0.2) is 16.6 Å². The van der Waals surface area contributed by atoms with E-state index in [1.165, 1.54) is 0 Å². The lowest BCUT2D eigenvalue weighted by molar-refractivity contribution is -0.137. The molecule has 0 saturated heterocycles. The number of unbranched alkanes of at least 4 members (excludes halogenated alkanes) is 2. The summed E-state index contributed by atoms with van der Waals surface area (Å²) in [5.41, 5.74) is 1.19. The molecule has 1 aromatic heterocycles. The summed E-state index contributed by atoms with van der Waals surface area (Å²) in [4.78, 5) is 8.02. The number of nitrogens with zero attached hydrogens (tertiary/aromatic N) is 2. The third kappa shape index (κ3) is 6.84. The van der Waals surface area contributed by atoms with Crippen LogP contribution in [0.1, 0.15) is 57.1 Å². The summed E-state index contributed by atoms with van der Waals surface area (Å²) in [6, 6.07) is 14.4. The number of hydrogen-bond donors (Lipinski definition) is 2. The van der Waals surface area contributed by atoms with Crippen LogP contribution in [0, 0.1) is 0 Å². The van der Waals surface area contributed by atoms with Crippen LogP contribution in [0.5, 0.6) is 5.75 Å². The van der Waals surface area contributed by atoms with E-state index in [-0.39, 0.29) is 17.7 Å². The lowest BCUT2D eigenvalue weighted by Gasteiger charge is -2.18. The van der Waals surface area contributed by atoms with Gasteiger partial charge in [0, 0.05) is 17.6 Å². The van der Waals surface area contributed by atoms with Gasteiger partial charge in [-0.1, -0.05) is 51.8 Å². The Labute approximate surface area is 192 Å². The van der Waals surface area contributed by atoms with E-state index in [2.05, 4.69) is 27.5 Å². The number of alkyl halides is 3. The summed E-state index contributed by atoms with van der Waals surface area (Å²) >= 11 is 0. The number of ether oxygens (including phenoxy) is 1. The Bertz CT molecular complexity index is 1040. The van der Waals surface area contributed by atoms with Crippen molar-refractivity contribution >= 4 is 23.1 Å². The monoisotopic (exact) mass is 458 g/mol. The number of benzene rings is 2. The first kappa shape index (κ1) is 24.4. The molecule has 0 unspecified atom stereocenters. The normalized spacial score (nSPS) is 11.5. The molecular weight excluding hydrogens is 429 g/mol. The lowest BCUT2D eigenvalue weighted by Crippen LogP contribution is -2.13. The molecule has 0 saturated carbocycles. The average molecular weight is 459 g/mol. The van der Waals surface area contributed by atoms with Crippen LogP contribution in [0.4, 0.5) is 36.3 Å². The summed E-state index contributed by atoms with van der Waals surface area (Å²) < 4.78 is 46.5. The fourth-order valence-electron chi connectivity index (χ4n) is 3.29. The molecule has 3 rings (SSSR count). The molecule has 0 amide bonds. The molecule has 0 aliphatic carbocycles. The first-order valence-electron chi connectivity index (χ1n) is 11.1. The van der Waals surface area contributed by atoms with Gasteiger partial charge in [-0.2, -0.15) is 18.2 Å². The van der Waals surface area contributed by atoms with Gasteiger partial charge in [0.1, 0.15) is 17.1 Å². The molecule has 2 aromatic carbocycles. The molecule has 176 valence electrons. The fraction of sp³-hybridized carbons (Fsp3) is 0.360. The van der Waals surface area contributed by atoms with Crippen molar-refractivity contribution in [3.8, 4) is 5.75 Å². The van der Waals surface area contributed by atoms with Crippen molar-refractivity contribution in [3.05, 3.63) is 65.9 Å². The van der Waals surface area contributed by atoms with E-state index in [1.54, 1.807) is 36.4 Å². The van der Waals surface area contributed by atoms with E-state index in [0.29, 0.717) is 18.0 Å². The third-order valence-corrected chi connectivity index (χ3v) is 5.06.